The van der Waals surface area contributed by atoms with Gasteiger partial charge in [-0.2, -0.15) is 0 Å². The number of anilines is 1. The van der Waals surface area contributed by atoms with E-state index in [4.69, 9.17) is 9.26 Å². The van der Waals surface area contributed by atoms with Gasteiger partial charge in [0.05, 0.1) is 12.8 Å². The minimum Gasteiger partial charge on any atom is -0.497 e. The van der Waals surface area contributed by atoms with Crippen LogP contribution in [0.3, 0.4) is 0 Å². The molecule has 24 heavy (non-hydrogen) atoms. The lowest BCUT2D eigenvalue weighted by atomic mass is 10.1. The third-order valence-corrected chi connectivity index (χ3v) is 3.47. The van der Waals surface area contributed by atoms with Crippen LogP contribution in [0.5, 0.6) is 5.75 Å². The number of nitrogens with zero attached hydrogens (tertiary/aromatic N) is 2. The number of hydrogen-bond acceptors (Lipinski definition) is 5. The van der Waals surface area contributed by atoms with Crippen LogP contribution in [0.4, 0.5) is 5.88 Å². The molecule has 1 amide bonds. The van der Waals surface area contributed by atoms with Crippen molar-refractivity contribution in [1.82, 2.24) is 10.1 Å². The minimum absolute atomic E-state index is 0.137. The lowest BCUT2D eigenvalue weighted by Gasteiger charge is -2.04. The Labute approximate surface area is 139 Å². The van der Waals surface area contributed by atoms with Crippen LogP contribution in [0.15, 0.2) is 59.3 Å². The van der Waals surface area contributed by atoms with Gasteiger partial charge < -0.3 is 9.26 Å². The third kappa shape index (κ3) is 3.98. The fraction of sp³-hybridized carbons (Fsp3) is 0.167. The van der Waals surface area contributed by atoms with Crippen LogP contribution in [0.2, 0.25) is 0 Å². The van der Waals surface area contributed by atoms with E-state index in [0.717, 1.165) is 11.3 Å². The number of carbonyl (C=O) groups excluding carboxylic acids is 1. The summed E-state index contributed by atoms with van der Waals surface area (Å²) in [6, 6.07) is 14.8. The molecule has 2 heterocycles. The number of aromatic nitrogens is 2. The largest absolute Gasteiger partial charge is 0.497 e. The lowest BCUT2D eigenvalue weighted by molar-refractivity contribution is -0.116. The van der Waals surface area contributed by atoms with E-state index in [1.165, 1.54) is 0 Å². The first-order chi connectivity index (χ1) is 11.7. The predicted octanol–water partition coefficient (Wildman–Crippen LogP) is 3.32. The number of ether oxygens (including phenoxy) is 1. The van der Waals surface area contributed by atoms with Crippen molar-refractivity contribution in [3.63, 3.8) is 0 Å². The van der Waals surface area contributed by atoms with Gasteiger partial charge in [-0.25, -0.2) is 0 Å². The van der Waals surface area contributed by atoms with Gasteiger partial charge in [-0.1, -0.05) is 23.4 Å². The van der Waals surface area contributed by atoms with E-state index in [1.807, 2.05) is 42.5 Å². The maximum absolute atomic E-state index is 12.0. The number of amides is 1. The van der Waals surface area contributed by atoms with E-state index in [9.17, 15) is 4.79 Å². The summed E-state index contributed by atoms with van der Waals surface area (Å²) in [6.07, 6.45) is 2.63. The zero-order valence-electron chi connectivity index (χ0n) is 13.2. The summed E-state index contributed by atoms with van der Waals surface area (Å²) in [6.45, 7) is 0. The fourth-order valence-electron chi connectivity index (χ4n) is 2.25. The summed E-state index contributed by atoms with van der Waals surface area (Å²) in [7, 11) is 1.62. The summed E-state index contributed by atoms with van der Waals surface area (Å²) in [4.78, 5) is 16.2. The molecule has 0 aliphatic rings. The molecule has 122 valence electrons. The van der Waals surface area contributed by atoms with Gasteiger partial charge in [-0.3, -0.25) is 15.1 Å². The third-order valence-electron chi connectivity index (χ3n) is 3.47. The molecule has 2 aromatic heterocycles. The quantitative estimate of drug-likeness (QED) is 0.753. The van der Waals surface area contributed by atoms with Gasteiger partial charge in [0.2, 0.25) is 11.8 Å². The van der Waals surface area contributed by atoms with Crippen molar-refractivity contribution in [1.29, 1.82) is 0 Å². The molecule has 0 aliphatic heterocycles. The molecule has 3 rings (SSSR count). The van der Waals surface area contributed by atoms with E-state index < -0.39 is 0 Å². The number of methoxy groups -OCH3 is 1. The summed E-state index contributed by atoms with van der Waals surface area (Å²) in [5, 5.41) is 6.62. The first kappa shape index (κ1) is 15.7. The van der Waals surface area contributed by atoms with Gasteiger partial charge >= 0.3 is 0 Å². The van der Waals surface area contributed by atoms with Gasteiger partial charge in [0, 0.05) is 18.7 Å². The smallest absolute Gasteiger partial charge is 0.231 e. The molecule has 6 heteroatoms. The molecule has 0 unspecified atom stereocenters. The van der Waals surface area contributed by atoms with Crippen molar-refractivity contribution in [2.75, 3.05) is 12.4 Å². The fourth-order valence-corrected chi connectivity index (χ4v) is 2.25. The second-order valence-corrected chi connectivity index (χ2v) is 5.19. The topological polar surface area (TPSA) is 77.2 Å². The monoisotopic (exact) mass is 323 g/mol. The van der Waals surface area contributed by atoms with Crippen LogP contribution in [0, 0.1) is 0 Å². The normalized spacial score (nSPS) is 10.4. The van der Waals surface area contributed by atoms with Gasteiger partial charge in [0.25, 0.3) is 0 Å². The SMILES string of the molecule is COc1cccc(CCC(=O)Nc2cc(-c3ccccn3)no2)c1. The molecule has 0 radical (unpaired) electrons. The summed E-state index contributed by atoms with van der Waals surface area (Å²) in [5.74, 6) is 0.955. The number of aryl methyl sites for hydroxylation is 1. The van der Waals surface area contributed by atoms with Crippen molar-refractivity contribution < 1.29 is 14.1 Å². The minimum atomic E-state index is -0.137. The second kappa shape index (κ2) is 7.41. The predicted molar refractivity (Wildman–Crippen MR) is 89.7 cm³/mol. The molecule has 6 nitrogen and oxygen atoms in total. The summed E-state index contributed by atoms with van der Waals surface area (Å²) >= 11 is 0. The van der Waals surface area contributed by atoms with Gasteiger partial charge in [0.1, 0.15) is 11.4 Å². The van der Waals surface area contributed by atoms with E-state index in [2.05, 4.69) is 15.5 Å². The highest BCUT2D eigenvalue weighted by Crippen LogP contribution is 2.20. The summed E-state index contributed by atoms with van der Waals surface area (Å²) in [5.41, 5.74) is 2.31. The van der Waals surface area contributed by atoms with Crippen LogP contribution in [-0.2, 0) is 11.2 Å². The van der Waals surface area contributed by atoms with Crippen LogP contribution < -0.4 is 10.1 Å². The lowest BCUT2D eigenvalue weighted by Crippen LogP contribution is -2.11. The average Bonchev–Trinajstić information content (AvgIpc) is 3.09. The van der Waals surface area contributed by atoms with Crippen LogP contribution >= 0.6 is 0 Å². The Hall–Kier alpha value is -3.15. The zero-order valence-corrected chi connectivity index (χ0v) is 13.2. The van der Waals surface area contributed by atoms with E-state index in [0.29, 0.717) is 30.1 Å². The van der Waals surface area contributed by atoms with E-state index in [1.54, 1.807) is 19.4 Å². The van der Waals surface area contributed by atoms with Gasteiger partial charge in [-0.15, -0.1) is 0 Å². The van der Waals surface area contributed by atoms with Crippen molar-refractivity contribution in [2.24, 2.45) is 0 Å². The van der Waals surface area contributed by atoms with Crippen molar-refractivity contribution in [3.8, 4) is 17.1 Å². The Morgan fingerprint density at radius 2 is 2.08 bits per heavy atom. The Balaban J connectivity index is 1.56. The molecule has 0 atom stereocenters. The second-order valence-electron chi connectivity index (χ2n) is 5.19. The van der Waals surface area contributed by atoms with Crippen LogP contribution in [0.1, 0.15) is 12.0 Å². The molecule has 0 fully saturated rings. The number of nitrogens with one attached hydrogen (secondary N) is 1. The number of rotatable bonds is 6. The molecule has 0 spiro atoms. The number of pyridine rings is 1. The van der Waals surface area contributed by atoms with Crippen LogP contribution in [0.25, 0.3) is 11.4 Å². The first-order valence-corrected chi connectivity index (χ1v) is 7.55. The average molecular weight is 323 g/mol. The highest BCUT2D eigenvalue weighted by molar-refractivity contribution is 5.89. The Morgan fingerprint density at radius 1 is 1.17 bits per heavy atom. The Morgan fingerprint density at radius 3 is 2.88 bits per heavy atom. The standard InChI is InChI=1S/C18H17N3O3/c1-23-14-6-4-5-13(11-14)8-9-17(22)20-18-12-16(21-24-18)15-7-2-3-10-19-15/h2-7,10-12H,8-9H2,1H3,(H,20,22). The number of hydrogen-bond donors (Lipinski definition) is 1. The summed E-state index contributed by atoms with van der Waals surface area (Å²) < 4.78 is 10.3. The maximum Gasteiger partial charge on any atom is 0.231 e. The molecular formula is C18H17N3O3. The maximum atomic E-state index is 12.0. The van der Waals surface area contributed by atoms with E-state index >= 15 is 0 Å². The molecule has 0 bridgehead atoms. The van der Waals surface area contributed by atoms with Crippen molar-refractivity contribution in [2.45, 2.75) is 12.8 Å². The highest BCUT2D eigenvalue weighted by atomic mass is 16.5. The molecule has 3 aromatic rings. The Bertz CT molecular complexity index is 815. The number of carbonyl (C=O) groups is 1. The van der Waals surface area contributed by atoms with Crippen molar-refractivity contribution >= 4 is 11.8 Å². The highest BCUT2D eigenvalue weighted by Gasteiger charge is 2.10. The molecule has 1 N–H and O–H groups in total. The van der Waals surface area contributed by atoms with E-state index in [-0.39, 0.29) is 5.91 Å². The molecule has 0 saturated heterocycles. The van der Waals surface area contributed by atoms with Gasteiger partial charge in [0.15, 0.2) is 0 Å². The van der Waals surface area contributed by atoms with Crippen LogP contribution in [-0.4, -0.2) is 23.2 Å². The first-order valence-electron chi connectivity index (χ1n) is 7.55. The molecule has 0 aliphatic carbocycles. The molecular weight excluding hydrogens is 306 g/mol. The van der Waals surface area contributed by atoms with Crippen molar-refractivity contribution in [3.05, 3.63) is 60.3 Å². The number of benzene rings is 1. The zero-order chi connectivity index (χ0) is 16.8. The molecule has 1 aromatic carbocycles. The molecule has 0 saturated carbocycles. The Kier molecular flexibility index (Phi) is 4.86. The van der Waals surface area contributed by atoms with Gasteiger partial charge in [-0.05, 0) is 36.2 Å².